The fourth-order valence-corrected chi connectivity index (χ4v) is 6.54. The first-order valence-corrected chi connectivity index (χ1v) is 10.6. The van der Waals surface area contributed by atoms with E-state index in [0.29, 0.717) is 0 Å². The molecule has 15 heavy (non-hydrogen) atoms. The molecule has 0 aromatic rings. The topological polar surface area (TPSA) is 6.48 Å². The third-order valence-electron chi connectivity index (χ3n) is 2.77. The van der Waals surface area contributed by atoms with Crippen LogP contribution in [0, 0.1) is 0 Å². The van der Waals surface area contributed by atoms with Crippen molar-refractivity contribution in [2.24, 2.45) is 0 Å². The molecule has 0 unspecified atom stereocenters. The molecule has 2 nitrogen and oxygen atoms in total. The Kier molecular flexibility index (Phi) is 9.97. The molecule has 0 atom stereocenters. The van der Waals surface area contributed by atoms with Crippen LogP contribution in [0.5, 0.6) is 0 Å². The second-order valence-corrected chi connectivity index (χ2v) is 11.6. The van der Waals surface area contributed by atoms with Crippen molar-refractivity contribution in [3.63, 3.8) is 0 Å². The summed E-state index contributed by atoms with van der Waals surface area (Å²) in [6, 6.07) is 0. The van der Waals surface area contributed by atoms with Crippen molar-refractivity contribution in [2.45, 2.75) is 35.5 Å². The molecule has 1 radical (unpaired) electrons. The molecular weight excluding hydrogens is 245 g/mol. The van der Waals surface area contributed by atoms with E-state index in [4.69, 9.17) is 0 Å². The molecule has 3 heteroatoms. The number of hydrogen-bond donors (Lipinski definition) is 0. The van der Waals surface area contributed by atoms with Gasteiger partial charge in [0.05, 0.1) is 0 Å². The fraction of sp³-hybridized carbons (Fsp3) is 1.00. The van der Waals surface area contributed by atoms with Gasteiger partial charge in [-0.3, -0.25) is 0 Å². The Hall–Kier alpha value is 0.463. The molecule has 0 aliphatic heterocycles. The summed E-state index contributed by atoms with van der Waals surface area (Å²) in [5.41, 5.74) is 0. The van der Waals surface area contributed by atoms with Gasteiger partial charge in [0.1, 0.15) is 0 Å². The molecule has 0 aromatic carbocycles. The Labute approximate surface area is 101 Å². The quantitative estimate of drug-likeness (QED) is 0.596. The van der Waals surface area contributed by atoms with Gasteiger partial charge in [-0.1, -0.05) is 0 Å². The third kappa shape index (κ3) is 10.7. The molecule has 91 valence electrons. The van der Waals surface area contributed by atoms with Crippen LogP contribution in [0.2, 0.25) is 15.8 Å². The van der Waals surface area contributed by atoms with Crippen LogP contribution < -0.4 is 0 Å². The van der Waals surface area contributed by atoms with Crippen molar-refractivity contribution in [2.75, 3.05) is 41.3 Å². The Balaban J connectivity index is 3.46. The Morgan fingerprint density at radius 1 is 0.800 bits per heavy atom. The van der Waals surface area contributed by atoms with Crippen LogP contribution in [-0.4, -0.2) is 65.4 Å². The molecule has 0 rings (SSSR count). The summed E-state index contributed by atoms with van der Waals surface area (Å²) in [4.78, 5) is 4.62. The van der Waals surface area contributed by atoms with Gasteiger partial charge in [0.2, 0.25) is 0 Å². The van der Waals surface area contributed by atoms with Gasteiger partial charge in [0, 0.05) is 0 Å². The minimum atomic E-state index is -0.651. The molecule has 0 aromatic heterocycles. The fourth-order valence-electron chi connectivity index (χ4n) is 1.77. The van der Waals surface area contributed by atoms with Crippen LogP contribution in [0.1, 0.15) is 19.8 Å². The summed E-state index contributed by atoms with van der Waals surface area (Å²) >= 11 is -0.651. The zero-order valence-electron chi connectivity index (χ0n) is 11.3. The van der Waals surface area contributed by atoms with Gasteiger partial charge in [-0.25, -0.2) is 0 Å². The first-order valence-electron chi connectivity index (χ1n) is 6.19. The second kappa shape index (κ2) is 9.67. The van der Waals surface area contributed by atoms with Gasteiger partial charge in [0.25, 0.3) is 0 Å². The standard InChI is InChI=1S/C12H29GeN2/c1-6-13(9-7-11-14(2)3)10-8-12-15(4)5/h6-12H2,1-5H3. The Morgan fingerprint density at radius 3 is 1.47 bits per heavy atom. The van der Waals surface area contributed by atoms with Crippen molar-refractivity contribution in [3.8, 4) is 0 Å². The van der Waals surface area contributed by atoms with Crippen LogP contribution in [0.15, 0.2) is 0 Å². The molecular formula is C12H29GeN2. The molecule has 0 saturated heterocycles. The van der Waals surface area contributed by atoms with Crippen molar-refractivity contribution < 1.29 is 0 Å². The average molecular weight is 274 g/mol. The molecule has 0 heterocycles. The summed E-state index contributed by atoms with van der Waals surface area (Å²) in [6.45, 7) is 4.97. The first kappa shape index (κ1) is 15.5. The number of nitrogens with zero attached hydrogens (tertiary/aromatic N) is 2. The van der Waals surface area contributed by atoms with E-state index in [1.807, 2.05) is 0 Å². The normalized spacial score (nSPS) is 12.0. The van der Waals surface area contributed by atoms with Crippen molar-refractivity contribution in [1.82, 2.24) is 9.80 Å². The Bertz CT molecular complexity index is 124. The van der Waals surface area contributed by atoms with Crippen LogP contribution in [0.4, 0.5) is 0 Å². The monoisotopic (exact) mass is 275 g/mol. The Morgan fingerprint density at radius 2 is 1.20 bits per heavy atom. The van der Waals surface area contributed by atoms with Crippen LogP contribution >= 0.6 is 0 Å². The number of hydrogen-bond acceptors (Lipinski definition) is 2. The average Bonchev–Trinajstić information content (AvgIpc) is 2.14. The molecule has 0 aliphatic rings. The first-order chi connectivity index (χ1) is 7.06. The summed E-state index contributed by atoms with van der Waals surface area (Å²) in [6.07, 6.45) is 2.86. The van der Waals surface area contributed by atoms with E-state index >= 15 is 0 Å². The minimum absolute atomic E-state index is 0.651. The van der Waals surface area contributed by atoms with Gasteiger partial charge >= 0.3 is 101 Å². The van der Waals surface area contributed by atoms with E-state index in [1.54, 1.807) is 10.5 Å². The zero-order valence-corrected chi connectivity index (χ0v) is 13.4. The molecule has 0 N–H and O–H groups in total. The van der Waals surface area contributed by atoms with Crippen LogP contribution in [0.3, 0.4) is 0 Å². The van der Waals surface area contributed by atoms with E-state index in [2.05, 4.69) is 44.9 Å². The predicted octanol–water partition coefficient (Wildman–Crippen LogP) is 2.40. The molecule has 0 aliphatic carbocycles. The van der Waals surface area contributed by atoms with Crippen LogP contribution in [0.25, 0.3) is 0 Å². The molecule has 0 bridgehead atoms. The van der Waals surface area contributed by atoms with Gasteiger partial charge in [0.15, 0.2) is 0 Å². The predicted molar refractivity (Wildman–Crippen MR) is 72.2 cm³/mol. The maximum atomic E-state index is 2.40. The second-order valence-electron chi connectivity index (χ2n) is 4.92. The van der Waals surface area contributed by atoms with Gasteiger partial charge < -0.3 is 0 Å². The van der Waals surface area contributed by atoms with Gasteiger partial charge in [-0.05, 0) is 0 Å². The molecule has 0 spiro atoms. The SMILES string of the molecule is C[CH2][Ge]([CH2]CCN(C)C)[CH2]CCN(C)C. The van der Waals surface area contributed by atoms with Crippen molar-refractivity contribution in [3.05, 3.63) is 0 Å². The van der Waals surface area contributed by atoms with Gasteiger partial charge in [-0.2, -0.15) is 0 Å². The van der Waals surface area contributed by atoms with Crippen molar-refractivity contribution >= 4 is 14.3 Å². The van der Waals surface area contributed by atoms with Gasteiger partial charge in [-0.15, -0.1) is 0 Å². The molecule has 0 fully saturated rings. The zero-order chi connectivity index (χ0) is 11.7. The number of rotatable bonds is 9. The maximum absolute atomic E-state index is 2.40. The summed E-state index contributed by atoms with van der Waals surface area (Å²) < 4.78 is 0. The van der Waals surface area contributed by atoms with Crippen molar-refractivity contribution in [1.29, 1.82) is 0 Å². The van der Waals surface area contributed by atoms with E-state index in [-0.39, 0.29) is 0 Å². The van der Waals surface area contributed by atoms with E-state index in [1.165, 1.54) is 31.2 Å². The molecule has 0 amide bonds. The third-order valence-corrected chi connectivity index (χ3v) is 9.32. The van der Waals surface area contributed by atoms with E-state index < -0.39 is 14.3 Å². The summed E-state index contributed by atoms with van der Waals surface area (Å²) in [7, 11) is 8.71. The van der Waals surface area contributed by atoms with Crippen LogP contribution in [-0.2, 0) is 0 Å². The summed E-state index contributed by atoms with van der Waals surface area (Å²) in [5, 5.41) is 4.66. The summed E-state index contributed by atoms with van der Waals surface area (Å²) in [5.74, 6) is 0. The molecule has 0 saturated carbocycles. The van der Waals surface area contributed by atoms with E-state index in [9.17, 15) is 0 Å². The van der Waals surface area contributed by atoms with E-state index in [0.717, 1.165) is 0 Å².